The summed E-state index contributed by atoms with van der Waals surface area (Å²) in [5.74, 6) is 0.483. The van der Waals surface area contributed by atoms with Gasteiger partial charge in [0.1, 0.15) is 0 Å². The van der Waals surface area contributed by atoms with Crippen molar-refractivity contribution in [3.8, 4) is 0 Å². The average Bonchev–Trinajstić information content (AvgIpc) is 3.18. The van der Waals surface area contributed by atoms with E-state index in [2.05, 4.69) is 20.1 Å². The molecule has 1 aliphatic rings. The van der Waals surface area contributed by atoms with Crippen molar-refractivity contribution in [2.45, 2.75) is 33.5 Å². The lowest BCUT2D eigenvalue weighted by atomic mass is 10.2. The molecule has 0 amide bonds. The van der Waals surface area contributed by atoms with E-state index in [1.54, 1.807) is 4.57 Å². The third-order valence-corrected chi connectivity index (χ3v) is 5.93. The summed E-state index contributed by atoms with van der Waals surface area (Å²) in [5, 5.41) is 10.2. The first-order valence-electron chi connectivity index (χ1n) is 11.2. The van der Waals surface area contributed by atoms with Crippen molar-refractivity contribution in [2.24, 2.45) is 16.1 Å². The van der Waals surface area contributed by atoms with E-state index in [0.29, 0.717) is 44.4 Å². The molecular weight excluding hydrogens is 444 g/mol. The van der Waals surface area contributed by atoms with Crippen LogP contribution in [-0.2, 0) is 24.4 Å². The Kier molecular flexibility index (Phi) is 7.42. The lowest BCUT2D eigenvalue weighted by Gasteiger charge is -2.26. The van der Waals surface area contributed by atoms with Crippen molar-refractivity contribution in [3.63, 3.8) is 0 Å². The van der Waals surface area contributed by atoms with E-state index in [4.69, 9.17) is 16.3 Å². The maximum Gasteiger partial charge on any atom is 0.332 e. The van der Waals surface area contributed by atoms with Crippen LogP contribution < -0.4 is 11.2 Å². The molecule has 0 aliphatic carbocycles. The van der Waals surface area contributed by atoms with Crippen molar-refractivity contribution in [1.82, 2.24) is 19.0 Å². The standard InChI is InChI=1S/C23H29ClN6O3/c1-16(2)15-30-21(27-26-14-17-13-25-20-4-3-18(24)11-19(17)20)12-22(31)29(23(30)32)6-5-28-7-9-33-10-8-28/h3-4,11-13,16,25H,5-10,14-15H2,1-2H3. The molecule has 3 aromatic rings. The first-order chi connectivity index (χ1) is 15.9. The van der Waals surface area contributed by atoms with Crippen LogP contribution in [0.3, 0.4) is 0 Å². The second-order valence-corrected chi connectivity index (χ2v) is 9.07. The van der Waals surface area contributed by atoms with Crippen LogP contribution in [0.1, 0.15) is 19.4 Å². The molecule has 2 aromatic heterocycles. The van der Waals surface area contributed by atoms with Gasteiger partial charge in [-0.3, -0.25) is 18.8 Å². The molecule has 176 valence electrons. The molecule has 4 rings (SSSR count). The molecule has 33 heavy (non-hydrogen) atoms. The Morgan fingerprint density at radius 2 is 1.91 bits per heavy atom. The molecule has 0 unspecified atom stereocenters. The van der Waals surface area contributed by atoms with Gasteiger partial charge in [0.15, 0.2) is 5.82 Å². The average molecular weight is 473 g/mol. The molecule has 0 spiro atoms. The Balaban J connectivity index is 1.57. The van der Waals surface area contributed by atoms with Crippen molar-refractivity contribution in [3.05, 3.63) is 61.9 Å². The number of hydrogen-bond acceptors (Lipinski definition) is 6. The van der Waals surface area contributed by atoms with Gasteiger partial charge in [0, 0.05) is 66.5 Å². The minimum Gasteiger partial charge on any atom is -0.379 e. The fourth-order valence-corrected chi connectivity index (χ4v) is 4.13. The van der Waals surface area contributed by atoms with Crippen molar-refractivity contribution < 1.29 is 4.74 Å². The summed E-state index contributed by atoms with van der Waals surface area (Å²) in [6.07, 6.45) is 1.87. The number of benzene rings is 1. The predicted octanol–water partition coefficient (Wildman–Crippen LogP) is 3.42. The second kappa shape index (κ2) is 10.5. The Labute approximate surface area is 196 Å². The Morgan fingerprint density at radius 3 is 2.67 bits per heavy atom. The zero-order chi connectivity index (χ0) is 23.4. The number of rotatable bonds is 8. The summed E-state index contributed by atoms with van der Waals surface area (Å²) >= 11 is 6.12. The Morgan fingerprint density at radius 1 is 1.12 bits per heavy atom. The fraction of sp³-hybridized carbons (Fsp3) is 0.478. The molecule has 0 saturated carbocycles. The van der Waals surface area contributed by atoms with E-state index in [1.807, 2.05) is 38.2 Å². The molecule has 0 radical (unpaired) electrons. The maximum absolute atomic E-state index is 13.2. The largest absolute Gasteiger partial charge is 0.379 e. The lowest BCUT2D eigenvalue weighted by Crippen LogP contribution is -2.44. The quantitative estimate of drug-likeness (QED) is 0.508. The number of ether oxygens (including phenoxy) is 1. The highest BCUT2D eigenvalue weighted by atomic mass is 35.5. The van der Waals surface area contributed by atoms with Crippen LogP contribution in [0, 0.1) is 5.92 Å². The Bertz CT molecular complexity index is 1250. The monoisotopic (exact) mass is 472 g/mol. The smallest absolute Gasteiger partial charge is 0.332 e. The highest BCUT2D eigenvalue weighted by Crippen LogP contribution is 2.23. The first-order valence-corrected chi connectivity index (χ1v) is 11.6. The SMILES string of the molecule is CC(C)Cn1c(N=NCc2c[nH]c3ccc(Cl)cc23)cc(=O)n(CCN2CCOCC2)c1=O. The van der Waals surface area contributed by atoms with Gasteiger partial charge in [-0.2, -0.15) is 5.11 Å². The summed E-state index contributed by atoms with van der Waals surface area (Å²) < 4.78 is 8.20. The topological polar surface area (TPSA) is 97.0 Å². The van der Waals surface area contributed by atoms with Crippen LogP contribution in [0.15, 0.2) is 50.3 Å². The van der Waals surface area contributed by atoms with Gasteiger partial charge in [0.2, 0.25) is 0 Å². The normalized spacial score (nSPS) is 15.3. The first kappa shape index (κ1) is 23.4. The van der Waals surface area contributed by atoms with E-state index in [9.17, 15) is 9.59 Å². The molecule has 1 fully saturated rings. The summed E-state index contributed by atoms with van der Waals surface area (Å²) in [6, 6.07) is 7.01. The number of aromatic amines is 1. The minimum atomic E-state index is -0.360. The number of azo groups is 1. The number of aromatic nitrogens is 3. The van der Waals surface area contributed by atoms with Crippen LogP contribution in [-0.4, -0.2) is 51.9 Å². The summed E-state index contributed by atoms with van der Waals surface area (Å²) in [5.41, 5.74) is 1.19. The number of H-pyrrole nitrogens is 1. The van der Waals surface area contributed by atoms with Gasteiger partial charge >= 0.3 is 5.69 Å². The van der Waals surface area contributed by atoms with Gasteiger partial charge in [-0.05, 0) is 24.1 Å². The molecule has 10 heteroatoms. The zero-order valence-electron chi connectivity index (χ0n) is 19.0. The molecule has 0 bridgehead atoms. The van der Waals surface area contributed by atoms with Crippen molar-refractivity contribution in [1.29, 1.82) is 0 Å². The predicted molar refractivity (Wildman–Crippen MR) is 129 cm³/mol. The van der Waals surface area contributed by atoms with Crippen LogP contribution in [0.25, 0.3) is 10.9 Å². The van der Waals surface area contributed by atoms with Crippen LogP contribution >= 0.6 is 11.6 Å². The number of morpholine rings is 1. The lowest BCUT2D eigenvalue weighted by molar-refractivity contribution is 0.0361. The van der Waals surface area contributed by atoms with Gasteiger partial charge in [-0.15, -0.1) is 5.11 Å². The van der Waals surface area contributed by atoms with Gasteiger partial charge in [0.25, 0.3) is 5.56 Å². The molecule has 1 aromatic carbocycles. The van der Waals surface area contributed by atoms with Gasteiger partial charge < -0.3 is 9.72 Å². The van der Waals surface area contributed by atoms with Gasteiger partial charge in [0.05, 0.1) is 19.8 Å². The third-order valence-electron chi connectivity index (χ3n) is 5.69. The van der Waals surface area contributed by atoms with E-state index in [-0.39, 0.29) is 23.0 Å². The number of fused-ring (bicyclic) bond motifs is 1. The maximum atomic E-state index is 13.2. The van der Waals surface area contributed by atoms with Crippen molar-refractivity contribution >= 4 is 28.3 Å². The molecule has 9 nitrogen and oxygen atoms in total. The fourth-order valence-electron chi connectivity index (χ4n) is 3.96. The third kappa shape index (κ3) is 5.61. The molecule has 1 aliphatic heterocycles. The van der Waals surface area contributed by atoms with Crippen LogP contribution in [0.2, 0.25) is 5.02 Å². The summed E-state index contributed by atoms with van der Waals surface area (Å²) in [4.78, 5) is 31.3. The molecule has 3 heterocycles. The molecular formula is C23H29ClN6O3. The van der Waals surface area contributed by atoms with Crippen LogP contribution in [0.4, 0.5) is 5.82 Å². The van der Waals surface area contributed by atoms with Crippen LogP contribution in [0.5, 0.6) is 0 Å². The van der Waals surface area contributed by atoms with Crippen molar-refractivity contribution in [2.75, 3.05) is 32.8 Å². The summed E-state index contributed by atoms with van der Waals surface area (Å²) in [7, 11) is 0. The zero-order valence-corrected chi connectivity index (χ0v) is 19.7. The van der Waals surface area contributed by atoms with Gasteiger partial charge in [-0.25, -0.2) is 4.79 Å². The molecule has 0 atom stereocenters. The second-order valence-electron chi connectivity index (χ2n) is 8.64. The number of nitrogens with zero attached hydrogens (tertiary/aromatic N) is 5. The number of nitrogens with one attached hydrogen (secondary N) is 1. The molecule has 1 saturated heterocycles. The van der Waals surface area contributed by atoms with E-state index >= 15 is 0 Å². The van der Waals surface area contributed by atoms with E-state index in [0.717, 1.165) is 29.6 Å². The van der Waals surface area contributed by atoms with E-state index in [1.165, 1.54) is 10.6 Å². The molecule has 1 N–H and O–H groups in total. The minimum absolute atomic E-state index is 0.206. The number of halogens is 1. The van der Waals surface area contributed by atoms with E-state index < -0.39 is 0 Å². The highest BCUT2D eigenvalue weighted by Gasteiger charge is 2.15. The Hall–Kier alpha value is -2.75. The van der Waals surface area contributed by atoms with Gasteiger partial charge in [-0.1, -0.05) is 25.4 Å². The number of hydrogen-bond donors (Lipinski definition) is 1. The summed E-state index contributed by atoms with van der Waals surface area (Å²) in [6.45, 7) is 8.72. The highest BCUT2D eigenvalue weighted by molar-refractivity contribution is 6.31.